The molecule has 0 saturated heterocycles. The highest BCUT2D eigenvalue weighted by Crippen LogP contribution is 2.23. The van der Waals surface area contributed by atoms with Gasteiger partial charge in [-0.2, -0.15) is 0 Å². The third-order valence-electron chi connectivity index (χ3n) is 2.68. The van der Waals surface area contributed by atoms with Gasteiger partial charge in [0.15, 0.2) is 11.6 Å². The SMILES string of the molecule is CNC(CC(C)OC)c1cccc(F)c1F. The van der Waals surface area contributed by atoms with Crippen molar-refractivity contribution in [3.63, 3.8) is 0 Å². The number of hydrogen-bond acceptors (Lipinski definition) is 2. The lowest BCUT2D eigenvalue weighted by Crippen LogP contribution is -2.23. The van der Waals surface area contributed by atoms with Crippen LogP contribution in [0.2, 0.25) is 0 Å². The van der Waals surface area contributed by atoms with Gasteiger partial charge in [-0.15, -0.1) is 0 Å². The lowest BCUT2D eigenvalue weighted by molar-refractivity contribution is 0.101. The molecule has 0 aliphatic carbocycles. The molecule has 0 aromatic heterocycles. The Labute approximate surface area is 94.6 Å². The summed E-state index contributed by atoms with van der Waals surface area (Å²) >= 11 is 0. The van der Waals surface area contributed by atoms with Gasteiger partial charge in [-0.05, 0) is 26.5 Å². The second kappa shape index (κ2) is 5.92. The van der Waals surface area contributed by atoms with Crippen molar-refractivity contribution < 1.29 is 13.5 Å². The molecule has 0 aliphatic rings. The molecule has 0 amide bonds. The molecule has 0 radical (unpaired) electrons. The number of hydrogen-bond donors (Lipinski definition) is 1. The Morgan fingerprint density at radius 3 is 2.62 bits per heavy atom. The summed E-state index contributed by atoms with van der Waals surface area (Å²) in [7, 11) is 3.32. The Kier molecular flexibility index (Phi) is 4.83. The van der Waals surface area contributed by atoms with Crippen LogP contribution in [-0.2, 0) is 4.74 Å². The monoisotopic (exact) mass is 229 g/mol. The molecule has 4 heteroatoms. The summed E-state index contributed by atoms with van der Waals surface area (Å²) in [5.74, 6) is -1.60. The first-order valence-electron chi connectivity index (χ1n) is 5.24. The molecule has 2 atom stereocenters. The van der Waals surface area contributed by atoms with Crippen LogP contribution >= 0.6 is 0 Å². The molecule has 1 rings (SSSR count). The summed E-state index contributed by atoms with van der Waals surface area (Å²) in [6.45, 7) is 1.89. The number of halogens is 2. The first-order valence-corrected chi connectivity index (χ1v) is 5.24. The van der Waals surface area contributed by atoms with E-state index in [-0.39, 0.29) is 12.1 Å². The molecular formula is C12H17F2NO. The van der Waals surface area contributed by atoms with Gasteiger partial charge in [0, 0.05) is 18.7 Å². The summed E-state index contributed by atoms with van der Waals surface area (Å²) in [4.78, 5) is 0. The Balaban J connectivity index is 2.90. The van der Waals surface area contributed by atoms with Gasteiger partial charge in [0.05, 0.1) is 6.10 Å². The first kappa shape index (κ1) is 13.1. The molecule has 1 aromatic carbocycles. The summed E-state index contributed by atoms with van der Waals surface area (Å²) < 4.78 is 31.7. The lowest BCUT2D eigenvalue weighted by Gasteiger charge is -2.20. The smallest absolute Gasteiger partial charge is 0.163 e. The van der Waals surface area contributed by atoms with Crippen molar-refractivity contribution in [2.45, 2.75) is 25.5 Å². The lowest BCUT2D eigenvalue weighted by atomic mass is 10.0. The van der Waals surface area contributed by atoms with E-state index in [2.05, 4.69) is 5.32 Å². The van der Waals surface area contributed by atoms with Crippen molar-refractivity contribution >= 4 is 0 Å². The van der Waals surface area contributed by atoms with Gasteiger partial charge in [-0.1, -0.05) is 12.1 Å². The van der Waals surface area contributed by atoms with E-state index in [1.807, 2.05) is 6.92 Å². The van der Waals surface area contributed by atoms with Crippen LogP contribution in [0.5, 0.6) is 0 Å². The maximum Gasteiger partial charge on any atom is 0.163 e. The van der Waals surface area contributed by atoms with Gasteiger partial charge in [-0.25, -0.2) is 8.78 Å². The average molecular weight is 229 g/mol. The minimum absolute atomic E-state index is 0.0138. The maximum absolute atomic E-state index is 13.5. The molecule has 0 saturated carbocycles. The van der Waals surface area contributed by atoms with E-state index in [1.165, 1.54) is 6.07 Å². The predicted molar refractivity (Wildman–Crippen MR) is 59.2 cm³/mol. The number of nitrogens with one attached hydrogen (secondary N) is 1. The van der Waals surface area contributed by atoms with Crippen LogP contribution in [-0.4, -0.2) is 20.3 Å². The van der Waals surface area contributed by atoms with E-state index in [0.717, 1.165) is 6.07 Å². The van der Waals surface area contributed by atoms with Crippen molar-refractivity contribution in [3.05, 3.63) is 35.4 Å². The molecule has 2 unspecified atom stereocenters. The minimum Gasteiger partial charge on any atom is -0.382 e. The Morgan fingerprint density at radius 2 is 2.06 bits per heavy atom. The molecule has 2 nitrogen and oxygen atoms in total. The molecule has 16 heavy (non-hydrogen) atoms. The highest BCUT2D eigenvalue weighted by Gasteiger charge is 2.18. The molecular weight excluding hydrogens is 212 g/mol. The van der Waals surface area contributed by atoms with E-state index in [0.29, 0.717) is 12.0 Å². The highest BCUT2D eigenvalue weighted by atomic mass is 19.2. The van der Waals surface area contributed by atoms with Gasteiger partial charge in [-0.3, -0.25) is 0 Å². The van der Waals surface area contributed by atoms with Crippen LogP contribution < -0.4 is 5.32 Å². The topological polar surface area (TPSA) is 21.3 Å². The third-order valence-corrected chi connectivity index (χ3v) is 2.68. The van der Waals surface area contributed by atoms with Crippen molar-refractivity contribution in [2.75, 3.05) is 14.2 Å². The van der Waals surface area contributed by atoms with Crippen molar-refractivity contribution in [2.24, 2.45) is 0 Å². The number of benzene rings is 1. The zero-order valence-electron chi connectivity index (χ0n) is 9.76. The number of rotatable bonds is 5. The van der Waals surface area contributed by atoms with Crippen molar-refractivity contribution in [3.8, 4) is 0 Å². The van der Waals surface area contributed by atoms with Crippen LogP contribution in [0.25, 0.3) is 0 Å². The third kappa shape index (κ3) is 3.00. The Bertz CT molecular complexity index is 344. The van der Waals surface area contributed by atoms with Gasteiger partial charge in [0.1, 0.15) is 0 Å². The molecule has 0 aliphatic heterocycles. The van der Waals surface area contributed by atoms with Crippen molar-refractivity contribution in [1.82, 2.24) is 5.32 Å². The molecule has 90 valence electrons. The first-order chi connectivity index (χ1) is 7.60. The summed E-state index contributed by atoms with van der Waals surface area (Å²) in [6.07, 6.45) is 0.577. The van der Waals surface area contributed by atoms with Gasteiger partial charge in [0.2, 0.25) is 0 Å². The second-order valence-electron chi connectivity index (χ2n) is 3.77. The van der Waals surface area contributed by atoms with Gasteiger partial charge >= 0.3 is 0 Å². The highest BCUT2D eigenvalue weighted by molar-refractivity contribution is 5.22. The molecule has 0 heterocycles. The molecule has 0 spiro atoms. The molecule has 0 fully saturated rings. The van der Waals surface area contributed by atoms with Crippen LogP contribution in [0.4, 0.5) is 8.78 Å². The summed E-state index contributed by atoms with van der Waals surface area (Å²) in [6, 6.07) is 3.97. The van der Waals surface area contributed by atoms with Gasteiger partial charge in [0.25, 0.3) is 0 Å². The zero-order valence-corrected chi connectivity index (χ0v) is 9.76. The second-order valence-corrected chi connectivity index (χ2v) is 3.77. The fourth-order valence-electron chi connectivity index (χ4n) is 1.62. The fraction of sp³-hybridized carbons (Fsp3) is 0.500. The van der Waals surface area contributed by atoms with E-state index >= 15 is 0 Å². The zero-order chi connectivity index (χ0) is 12.1. The van der Waals surface area contributed by atoms with Crippen LogP contribution in [0.1, 0.15) is 24.9 Å². The normalized spacial score (nSPS) is 14.8. The van der Waals surface area contributed by atoms with Crippen LogP contribution in [0.3, 0.4) is 0 Å². The van der Waals surface area contributed by atoms with E-state index in [9.17, 15) is 8.78 Å². The molecule has 1 aromatic rings. The standard InChI is InChI=1S/C12H17F2NO/c1-8(16-3)7-11(15-2)9-5-4-6-10(13)12(9)14/h4-6,8,11,15H,7H2,1-3H3. The predicted octanol–water partition coefficient (Wildman–Crippen LogP) is 2.65. The molecule has 0 bridgehead atoms. The van der Waals surface area contributed by atoms with Crippen LogP contribution in [0, 0.1) is 11.6 Å². The largest absolute Gasteiger partial charge is 0.382 e. The van der Waals surface area contributed by atoms with E-state index in [4.69, 9.17) is 4.74 Å². The van der Waals surface area contributed by atoms with E-state index in [1.54, 1.807) is 20.2 Å². The average Bonchev–Trinajstić information content (AvgIpc) is 2.29. The van der Waals surface area contributed by atoms with Gasteiger partial charge < -0.3 is 10.1 Å². The number of ether oxygens (including phenoxy) is 1. The Hall–Kier alpha value is -1.00. The molecule has 1 N–H and O–H groups in total. The maximum atomic E-state index is 13.5. The number of methoxy groups -OCH3 is 1. The van der Waals surface area contributed by atoms with Crippen molar-refractivity contribution in [1.29, 1.82) is 0 Å². The fourth-order valence-corrected chi connectivity index (χ4v) is 1.62. The van der Waals surface area contributed by atoms with E-state index < -0.39 is 11.6 Å². The minimum atomic E-state index is -0.817. The van der Waals surface area contributed by atoms with Crippen LogP contribution in [0.15, 0.2) is 18.2 Å². The summed E-state index contributed by atoms with van der Waals surface area (Å²) in [5, 5.41) is 2.96. The summed E-state index contributed by atoms with van der Waals surface area (Å²) in [5.41, 5.74) is 0.339. The quantitative estimate of drug-likeness (QED) is 0.838. The Morgan fingerprint density at radius 1 is 1.38 bits per heavy atom.